The topological polar surface area (TPSA) is 72.2 Å². The Labute approximate surface area is 177 Å². The fourth-order valence-corrected chi connectivity index (χ4v) is 2.72. The van der Waals surface area contributed by atoms with Crippen LogP contribution in [0.2, 0.25) is 0 Å². The summed E-state index contributed by atoms with van der Waals surface area (Å²) in [6.07, 6.45) is -12.5. The third kappa shape index (κ3) is 12.3. The van der Waals surface area contributed by atoms with Crippen molar-refractivity contribution in [3.63, 3.8) is 0 Å². The smallest absolute Gasteiger partial charge is 0.397 e. The first-order chi connectivity index (χ1) is 13.7. The Kier molecular flexibility index (Phi) is 9.56. The molecule has 30 heavy (non-hydrogen) atoms. The molecule has 0 atom stereocenters. The van der Waals surface area contributed by atoms with E-state index in [2.05, 4.69) is 12.6 Å². The van der Waals surface area contributed by atoms with E-state index in [4.69, 9.17) is 5.73 Å². The van der Waals surface area contributed by atoms with Gasteiger partial charge in [-0.3, -0.25) is 9.59 Å². The SMILES string of the molecule is Nc1ccc(S)cc1.O=C(CC(F)(F)F)Nc1ccc(SC(=O)CC(F)(F)F)cc1. The van der Waals surface area contributed by atoms with Crippen LogP contribution in [0.3, 0.4) is 0 Å². The van der Waals surface area contributed by atoms with Crippen LogP contribution in [-0.2, 0) is 9.59 Å². The van der Waals surface area contributed by atoms with Gasteiger partial charge in [-0.25, -0.2) is 0 Å². The Morgan fingerprint density at radius 3 is 1.80 bits per heavy atom. The van der Waals surface area contributed by atoms with Crippen molar-refractivity contribution in [3.8, 4) is 0 Å². The lowest BCUT2D eigenvalue weighted by atomic mass is 10.3. The van der Waals surface area contributed by atoms with Gasteiger partial charge in [-0.15, -0.1) is 12.6 Å². The largest absolute Gasteiger partial charge is 0.399 e. The maximum Gasteiger partial charge on any atom is 0.397 e. The van der Waals surface area contributed by atoms with Crippen molar-refractivity contribution in [3.05, 3.63) is 48.5 Å². The van der Waals surface area contributed by atoms with Crippen LogP contribution in [0.4, 0.5) is 37.7 Å². The molecule has 2 aromatic carbocycles. The average molecular weight is 470 g/mol. The monoisotopic (exact) mass is 470 g/mol. The lowest BCUT2D eigenvalue weighted by Crippen LogP contribution is -2.21. The second kappa shape index (κ2) is 11.2. The Hall–Kier alpha value is -2.34. The van der Waals surface area contributed by atoms with Gasteiger partial charge in [0.05, 0.1) is 0 Å². The van der Waals surface area contributed by atoms with Gasteiger partial charge >= 0.3 is 12.4 Å². The number of carbonyl (C=O) groups is 2. The molecule has 0 radical (unpaired) electrons. The highest BCUT2D eigenvalue weighted by Gasteiger charge is 2.32. The number of benzene rings is 2. The Balaban J connectivity index is 0.000000467. The fourth-order valence-electron chi connectivity index (χ4n) is 1.80. The summed E-state index contributed by atoms with van der Waals surface area (Å²) in [5.74, 6) is -1.26. The number of alkyl halides is 6. The molecule has 0 aliphatic rings. The molecular weight excluding hydrogens is 454 g/mol. The van der Waals surface area contributed by atoms with E-state index in [0.29, 0.717) is 11.8 Å². The van der Waals surface area contributed by atoms with E-state index in [1.807, 2.05) is 29.6 Å². The van der Waals surface area contributed by atoms with Crippen LogP contribution in [0.5, 0.6) is 0 Å². The van der Waals surface area contributed by atoms with Crippen LogP contribution in [-0.4, -0.2) is 23.4 Å². The molecule has 0 aromatic heterocycles. The number of nitrogen functional groups attached to an aromatic ring is 1. The van der Waals surface area contributed by atoms with Crippen LogP contribution in [0.1, 0.15) is 12.8 Å². The minimum atomic E-state index is -4.64. The molecule has 0 heterocycles. The number of halogens is 6. The molecular formula is C18H16F6N2O2S2. The normalized spacial score (nSPS) is 11.3. The molecule has 0 spiro atoms. The van der Waals surface area contributed by atoms with Crippen LogP contribution in [0.25, 0.3) is 0 Å². The molecule has 1 amide bonds. The highest BCUT2D eigenvalue weighted by molar-refractivity contribution is 8.13. The molecule has 0 fully saturated rings. The summed E-state index contributed by atoms with van der Waals surface area (Å²) in [6, 6.07) is 12.2. The third-order valence-electron chi connectivity index (χ3n) is 2.97. The summed E-state index contributed by atoms with van der Waals surface area (Å²) in [5, 5.41) is 0.874. The number of amides is 1. The molecule has 0 aliphatic carbocycles. The number of hydrogen-bond donors (Lipinski definition) is 3. The number of carbonyl (C=O) groups excluding carboxylic acids is 2. The maximum atomic E-state index is 12.0. The summed E-state index contributed by atoms with van der Waals surface area (Å²) in [4.78, 5) is 23.3. The Morgan fingerprint density at radius 1 is 0.867 bits per heavy atom. The van der Waals surface area contributed by atoms with Crippen molar-refractivity contribution < 1.29 is 35.9 Å². The van der Waals surface area contributed by atoms with E-state index in [1.165, 1.54) is 24.3 Å². The molecule has 2 rings (SSSR count). The summed E-state index contributed by atoms with van der Waals surface area (Å²) in [5.41, 5.74) is 6.22. The zero-order valence-corrected chi connectivity index (χ0v) is 16.8. The van der Waals surface area contributed by atoms with Gasteiger partial charge in [-0.2, -0.15) is 26.3 Å². The van der Waals surface area contributed by atoms with Crippen molar-refractivity contribution in [1.82, 2.24) is 0 Å². The Bertz CT molecular complexity index is 768. The molecule has 12 heteroatoms. The van der Waals surface area contributed by atoms with Crippen LogP contribution < -0.4 is 11.1 Å². The molecule has 164 valence electrons. The molecule has 4 nitrogen and oxygen atoms in total. The summed E-state index contributed by atoms with van der Waals surface area (Å²) >= 11 is 4.43. The summed E-state index contributed by atoms with van der Waals surface area (Å²) in [6.45, 7) is 0. The van der Waals surface area contributed by atoms with E-state index in [1.54, 1.807) is 0 Å². The molecule has 2 aromatic rings. The first kappa shape index (κ1) is 25.7. The van der Waals surface area contributed by atoms with Crippen LogP contribution in [0, 0.1) is 0 Å². The highest BCUT2D eigenvalue weighted by Crippen LogP contribution is 2.28. The van der Waals surface area contributed by atoms with Gasteiger partial charge in [0.2, 0.25) is 11.0 Å². The lowest BCUT2D eigenvalue weighted by Gasteiger charge is -2.08. The van der Waals surface area contributed by atoms with E-state index in [9.17, 15) is 35.9 Å². The van der Waals surface area contributed by atoms with Crippen LogP contribution in [0.15, 0.2) is 58.3 Å². The number of hydrogen-bond acceptors (Lipinski definition) is 5. The van der Waals surface area contributed by atoms with Crippen molar-refractivity contribution in [2.24, 2.45) is 0 Å². The van der Waals surface area contributed by atoms with E-state index >= 15 is 0 Å². The van der Waals surface area contributed by atoms with E-state index in [-0.39, 0.29) is 10.6 Å². The first-order valence-electron chi connectivity index (χ1n) is 8.02. The highest BCUT2D eigenvalue weighted by atomic mass is 32.2. The number of rotatable bonds is 4. The summed E-state index contributed by atoms with van der Waals surface area (Å²) in [7, 11) is 0. The minimum Gasteiger partial charge on any atom is -0.399 e. The van der Waals surface area contributed by atoms with E-state index < -0.39 is 36.2 Å². The molecule has 0 saturated heterocycles. The zero-order valence-electron chi connectivity index (χ0n) is 15.1. The van der Waals surface area contributed by atoms with Gasteiger partial charge in [0.15, 0.2) is 0 Å². The van der Waals surface area contributed by atoms with Crippen LogP contribution >= 0.6 is 24.4 Å². The predicted octanol–water partition coefficient (Wildman–Crippen LogP) is 5.71. The zero-order chi connectivity index (χ0) is 22.9. The quantitative estimate of drug-likeness (QED) is 0.232. The molecule has 3 N–H and O–H groups in total. The van der Waals surface area contributed by atoms with Crippen molar-refractivity contribution in [2.45, 2.75) is 35.0 Å². The average Bonchev–Trinajstić information content (AvgIpc) is 2.56. The summed E-state index contributed by atoms with van der Waals surface area (Å²) < 4.78 is 71.8. The predicted molar refractivity (Wildman–Crippen MR) is 105 cm³/mol. The number of nitrogens with two attached hydrogens (primary N) is 1. The third-order valence-corrected chi connectivity index (χ3v) is 4.15. The van der Waals surface area contributed by atoms with Gasteiger partial charge in [0.1, 0.15) is 12.8 Å². The van der Waals surface area contributed by atoms with Gasteiger partial charge in [0, 0.05) is 21.2 Å². The van der Waals surface area contributed by atoms with Crippen molar-refractivity contribution >= 4 is 46.8 Å². The first-order valence-corrected chi connectivity index (χ1v) is 9.28. The molecule has 0 unspecified atom stereocenters. The van der Waals surface area contributed by atoms with Gasteiger partial charge in [0.25, 0.3) is 0 Å². The van der Waals surface area contributed by atoms with Crippen molar-refractivity contribution in [2.75, 3.05) is 11.1 Å². The Morgan fingerprint density at radius 2 is 1.37 bits per heavy atom. The lowest BCUT2D eigenvalue weighted by molar-refractivity contribution is -0.150. The van der Waals surface area contributed by atoms with Crippen molar-refractivity contribution in [1.29, 1.82) is 0 Å². The number of anilines is 2. The standard InChI is InChI=1S/C12H9F6NO2S.C6H7NS/c13-11(14,15)5-9(20)19-7-1-3-8(4-2-7)22-10(21)6-12(16,17)18;7-5-1-3-6(8)4-2-5/h1-4H,5-6H2,(H,19,20);1-4,8H,7H2. The van der Waals surface area contributed by atoms with Gasteiger partial charge < -0.3 is 11.1 Å². The number of nitrogens with one attached hydrogen (secondary N) is 1. The molecule has 0 aliphatic heterocycles. The maximum absolute atomic E-state index is 12.0. The second-order valence-corrected chi connectivity index (χ2v) is 7.37. The van der Waals surface area contributed by atoms with Gasteiger partial charge in [-0.1, -0.05) is 11.8 Å². The molecule has 0 saturated carbocycles. The fraction of sp³-hybridized carbons (Fsp3) is 0.222. The second-order valence-electron chi connectivity index (χ2n) is 5.72. The number of thiol groups is 1. The molecule has 0 bridgehead atoms. The number of thioether (sulfide) groups is 1. The van der Waals surface area contributed by atoms with Gasteiger partial charge in [-0.05, 0) is 48.5 Å². The van der Waals surface area contributed by atoms with E-state index in [0.717, 1.165) is 10.6 Å². The minimum absolute atomic E-state index is 0.0434.